The Labute approximate surface area is 94.7 Å². The van der Waals surface area contributed by atoms with Crippen molar-refractivity contribution < 1.29 is 0 Å². The lowest BCUT2D eigenvalue weighted by molar-refractivity contribution is 0.365. The van der Waals surface area contributed by atoms with E-state index in [0.717, 1.165) is 6.42 Å². The molecule has 0 aromatic heterocycles. The molecule has 0 fully saturated rings. The third kappa shape index (κ3) is 5.01. The monoisotopic (exact) mass is 204 g/mol. The molecular formula is C15H24. The molecule has 1 aromatic carbocycles. The second kappa shape index (κ2) is 5.34. The fourth-order valence-corrected chi connectivity index (χ4v) is 1.76. The van der Waals surface area contributed by atoms with Crippen molar-refractivity contribution >= 4 is 0 Å². The Morgan fingerprint density at radius 1 is 0.933 bits per heavy atom. The van der Waals surface area contributed by atoms with E-state index in [0.29, 0.717) is 5.41 Å². The van der Waals surface area contributed by atoms with Gasteiger partial charge in [-0.3, -0.25) is 0 Å². The first-order valence-corrected chi connectivity index (χ1v) is 6.09. The van der Waals surface area contributed by atoms with Crippen LogP contribution in [0.1, 0.15) is 51.7 Å². The molecule has 0 unspecified atom stereocenters. The smallest absolute Gasteiger partial charge is 0.0279 e. The van der Waals surface area contributed by atoms with Crippen LogP contribution in [0.5, 0.6) is 0 Å². The van der Waals surface area contributed by atoms with E-state index in [1.54, 1.807) is 0 Å². The Morgan fingerprint density at radius 2 is 1.47 bits per heavy atom. The summed E-state index contributed by atoms with van der Waals surface area (Å²) in [6, 6.07) is 9.07. The van der Waals surface area contributed by atoms with Gasteiger partial charge in [0, 0.05) is 0 Å². The van der Waals surface area contributed by atoms with Crippen molar-refractivity contribution in [3.63, 3.8) is 0 Å². The highest BCUT2D eigenvalue weighted by molar-refractivity contribution is 5.22. The molecule has 0 nitrogen and oxygen atoms in total. The molecule has 0 spiro atoms. The van der Waals surface area contributed by atoms with Crippen molar-refractivity contribution in [3.8, 4) is 0 Å². The molecule has 84 valence electrons. The molecule has 1 aromatic rings. The summed E-state index contributed by atoms with van der Waals surface area (Å²) in [5.41, 5.74) is 3.40. The van der Waals surface area contributed by atoms with E-state index in [1.165, 1.54) is 30.4 Å². The van der Waals surface area contributed by atoms with Crippen LogP contribution in [0.2, 0.25) is 0 Å². The van der Waals surface area contributed by atoms with Crippen molar-refractivity contribution in [2.45, 2.75) is 53.4 Å². The maximum atomic E-state index is 2.31. The van der Waals surface area contributed by atoms with Gasteiger partial charge in [0.05, 0.1) is 0 Å². The highest BCUT2D eigenvalue weighted by Crippen LogP contribution is 2.22. The summed E-state index contributed by atoms with van der Waals surface area (Å²) in [4.78, 5) is 0. The van der Waals surface area contributed by atoms with E-state index in [9.17, 15) is 0 Å². The number of hydrogen-bond acceptors (Lipinski definition) is 0. The normalized spacial score (nSPS) is 11.7. The Kier molecular flexibility index (Phi) is 4.38. The molecule has 0 saturated carbocycles. The van der Waals surface area contributed by atoms with Crippen LogP contribution in [-0.4, -0.2) is 0 Å². The number of hydrogen-bond donors (Lipinski definition) is 0. The summed E-state index contributed by atoms with van der Waals surface area (Å²) in [6.45, 7) is 9.14. The van der Waals surface area contributed by atoms with Crippen LogP contribution >= 0.6 is 0 Å². The number of benzene rings is 1. The molecule has 0 amide bonds. The molecule has 0 aliphatic heterocycles. The SMILES string of the molecule is CCc1ccc(CCCC(C)(C)C)cc1. The summed E-state index contributed by atoms with van der Waals surface area (Å²) in [7, 11) is 0. The third-order valence-electron chi connectivity index (χ3n) is 2.82. The predicted octanol–water partition coefficient (Wildman–Crippen LogP) is 4.62. The molecule has 0 atom stereocenters. The fraction of sp³-hybridized carbons (Fsp3) is 0.600. The molecule has 1 rings (SSSR count). The maximum Gasteiger partial charge on any atom is -0.0279 e. The Morgan fingerprint density at radius 3 is 1.93 bits per heavy atom. The van der Waals surface area contributed by atoms with Gasteiger partial charge in [0.2, 0.25) is 0 Å². The lowest BCUT2D eigenvalue weighted by Crippen LogP contribution is -2.04. The van der Waals surface area contributed by atoms with E-state index in [4.69, 9.17) is 0 Å². The molecule has 0 aliphatic rings. The van der Waals surface area contributed by atoms with Gasteiger partial charge < -0.3 is 0 Å². The molecule has 0 heteroatoms. The van der Waals surface area contributed by atoms with Crippen molar-refractivity contribution in [2.24, 2.45) is 5.41 Å². The zero-order valence-corrected chi connectivity index (χ0v) is 10.6. The second-order valence-electron chi connectivity index (χ2n) is 5.58. The summed E-state index contributed by atoms with van der Waals surface area (Å²) in [5, 5.41) is 0. The van der Waals surface area contributed by atoms with Crippen LogP contribution in [0, 0.1) is 5.41 Å². The van der Waals surface area contributed by atoms with E-state index in [2.05, 4.69) is 52.0 Å². The maximum absolute atomic E-state index is 2.31. The number of rotatable bonds is 4. The van der Waals surface area contributed by atoms with Crippen LogP contribution in [0.3, 0.4) is 0 Å². The zero-order chi connectivity index (χ0) is 11.3. The van der Waals surface area contributed by atoms with Crippen LogP contribution in [0.4, 0.5) is 0 Å². The predicted molar refractivity (Wildman–Crippen MR) is 68.2 cm³/mol. The molecule has 15 heavy (non-hydrogen) atoms. The lowest BCUT2D eigenvalue weighted by Gasteiger charge is -2.17. The van der Waals surface area contributed by atoms with E-state index in [1.807, 2.05) is 0 Å². The van der Waals surface area contributed by atoms with E-state index < -0.39 is 0 Å². The first-order chi connectivity index (χ1) is 7.01. The van der Waals surface area contributed by atoms with Crippen LogP contribution in [0.25, 0.3) is 0 Å². The number of aryl methyl sites for hydroxylation is 2. The lowest BCUT2D eigenvalue weighted by atomic mass is 9.89. The van der Waals surface area contributed by atoms with Crippen LogP contribution < -0.4 is 0 Å². The average Bonchev–Trinajstić information content (AvgIpc) is 2.17. The quantitative estimate of drug-likeness (QED) is 0.671. The molecule has 0 saturated heterocycles. The summed E-state index contributed by atoms with van der Waals surface area (Å²) < 4.78 is 0. The summed E-state index contributed by atoms with van der Waals surface area (Å²) in [6.07, 6.45) is 4.97. The van der Waals surface area contributed by atoms with Crippen molar-refractivity contribution in [1.82, 2.24) is 0 Å². The van der Waals surface area contributed by atoms with Crippen molar-refractivity contribution in [2.75, 3.05) is 0 Å². The highest BCUT2D eigenvalue weighted by atomic mass is 14.1. The van der Waals surface area contributed by atoms with Crippen molar-refractivity contribution in [3.05, 3.63) is 35.4 Å². The molecule has 0 heterocycles. The van der Waals surface area contributed by atoms with Crippen molar-refractivity contribution in [1.29, 1.82) is 0 Å². The minimum absolute atomic E-state index is 0.476. The van der Waals surface area contributed by atoms with Gasteiger partial charge in [-0.05, 0) is 42.2 Å². The standard InChI is InChI=1S/C15H24/c1-5-13-8-10-14(11-9-13)7-6-12-15(2,3)4/h8-11H,5-7,12H2,1-4H3. The molecule has 0 bridgehead atoms. The first-order valence-electron chi connectivity index (χ1n) is 6.09. The van der Waals surface area contributed by atoms with Gasteiger partial charge in [-0.1, -0.05) is 52.0 Å². The fourth-order valence-electron chi connectivity index (χ4n) is 1.76. The highest BCUT2D eigenvalue weighted by Gasteiger charge is 2.08. The Hall–Kier alpha value is -0.780. The van der Waals surface area contributed by atoms with Gasteiger partial charge in [0.15, 0.2) is 0 Å². The molecule has 0 radical (unpaired) electrons. The van der Waals surface area contributed by atoms with E-state index in [-0.39, 0.29) is 0 Å². The van der Waals surface area contributed by atoms with Gasteiger partial charge in [-0.2, -0.15) is 0 Å². The average molecular weight is 204 g/mol. The molecular weight excluding hydrogens is 180 g/mol. The molecule has 0 N–H and O–H groups in total. The third-order valence-corrected chi connectivity index (χ3v) is 2.82. The molecule has 0 aliphatic carbocycles. The Bertz CT molecular complexity index is 274. The minimum Gasteiger partial charge on any atom is -0.0613 e. The minimum atomic E-state index is 0.476. The summed E-state index contributed by atoms with van der Waals surface area (Å²) in [5.74, 6) is 0. The second-order valence-corrected chi connectivity index (χ2v) is 5.58. The van der Waals surface area contributed by atoms with Crippen LogP contribution in [-0.2, 0) is 12.8 Å². The van der Waals surface area contributed by atoms with Gasteiger partial charge in [-0.25, -0.2) is 0 Å². The van der Waals surface area contributed by atoms with Crippen LogP contribution in [0.15, 0.2) is 24.3 Å². The van der Waals surface area contributed by atoms with Gasteiger partial charge in [0.1, 0.15) is 0 Å². The largest absolute Gasteiger partial charge is 0.0613 e. The van der Waals surface area contributed by atoms with Gasteiger partial charge in [0.25, 0.3) is 0 Å². The topological polar surface area (TPSA) is 0 Å². The first kappa shape index (κ1) is 12.3. The zero-order valence-electron chi connectivity index (χ0n) is 10.6. The van der Waals surface area contributed by atoms with E-state index >= 15 is 0 Å². The van der Waals surface area contributed by atoms with Gasteiger partial charge in [-0.15, -0.1) is 0 Å². The van der Waals surface area contributed by atoms with Gasteiger partial charge >= 0.3 is 0 Å². The Balaban J connectivity index is 2.38. The summed E-state index contributed by atoms with van der Waals surface area (Å²) >= 11 is 0.